The second kappa shape index (κ2) is 7.28. The maximum Gasteiger partial charge on any atom is 0.233 e. The minimum absolute atomic E-state index is 0.111. The average molecular weight is 326 g/mol. The van der Waals surface area contributed by atoms with E-state index >= 15 is 0 Å². The first-order chi connectivity index (χ1) is 11.3. The number of fused-ring (bicyclic) bond motifs is 1. The normalized spacial score (nSPS) is 10.8. The van der Waals surface area contributed by atoms with Crippen LogP contribution >= 0.6 is 11.8 Å². The molecule has 0 saturated carbocycles. The van der Waals surface area contributed by atoms with Gasteiger partial charge >= 0.3 is 0 Å². The second-order valence-electron chi connectivity index (χ2n) is 5.12. The number of benzene rings is 1. The Labute approximate surface area is 139 Å². The van der Waals surface area contributed by atoms with Gasteiger partial charge in [0, 0.05) is 19.3 Å². The Kier molecular flexibility index (Phi) is 4.92. The number of carbonyl (C=O) groups is 1. The Morgan fingerprint density at radius 3 is 2.83 bits per heavy atom. The summed E-state index contributed by atoms with van der Waals surface area (Å²) in [6, 6.07) is 11.9. The number of pyridine rings is 1. The highest BCUT2D eigenvalue weighted by atomic mass is 32.2. The number of carbonyl (C=O) groups excluding carboxylic acids is 1. The molecule has 3 rings (SSSR count). The van der Waals surface area contributed by atoms with E-state index in [0.717, 1.165) is 21.8 Å². The summed E-state index contributed by atoms with van der Waals surface area (Å²) < 4.78 is 0. The van der Waals surface area contributed by atoms with Gasteiger partial charge in [-0.25, -0.2) is 4.98 Å². The molecule has 0 spiro atoms. The van der Waals surface area contributed by atoms with Crippen LogP contribution in [0.5, 0.6) is 0 Å². The van der Waals surface area contributed by atoms with Crippen molar-refractivity contribution in [3.05, 3.63) is 54.4 Å². The Morgan fingerprint density at radius 2 is 2.09 bits per heavy atom. The van der Waals surface area contributed by atoms with E-state index in [-0.39, 0.29) is 5.91 Å². The Morgan fingerprint density at radius 1 is 1.26 bits per heavy atom. The van der Waals surface area contributed by atoms with E-state index < -0.39 is 0 Å². The molecular weight excluding hydrogens is 308 g/mol. The van der Waals surface area contributed by atoms with Gasteiger partial charge in [0.1, 0.15) is 0 Å². The van der Waals surface area contributed by atoms with Crippen LogP contribution in [-0.4, -0.2) is 38.1 Å². The van der Waals surface area contributed by atoms with Crippen molar-refractivity contribution in [2.24, 2.45) is 0 Å². The molecule has 0 aliphatic rings. The summed E-state index contributed by atoms with van der Waals surface area (Å²) in [7, 11) is 0. The molecule has 1 N–H and O–H groups in total. The van der Waals surface area contributed by atoms with Gasteiger partial charge in [0.15, 0.2) is 5.16 Å². The molecule has 0 fully saturated rings. The first-order valence-corrected chi connectivity index (χ1v) is 8.49. The van der Waals surface area contributed by atoms with Crippen LogP contribution in [-0.2, 0) is 11.3 Å². The molecule has 0 bridgehead atoms. The lowest BCUT2D eigenvalue weighted by molar-refractivity contribution is -0.128. The van der Waals surface area contributed by atoms with E-state index in [9.17, 15) is 4.79 Å². The molecule has 2 heterocycles. The van der Waals surface area contributed by atoms with Crippen LogP contribution in [0.1, 0.15) is 12.5 Å². The van der Waals surface area contributed by atoms with E-state index in [0.29, 0.717) is 18.8 Å². The van der Waals surface area contributed by atoms with Gasteiger partial charge in [0.25, 0.3) is 0 Å². The summed E-state index contributed by atoms with van der Waals surface area (Å²) >= 11 is 1.42. The lowest BCUT2D eigenvalue weighted by Crippen LogP contribution is -2.31. The molecule has 0 unspecified atom stereocenters. The third kappa shape index (κ3) is 3.90. The van der Waals surface area contributed by atoms with Crippen molar-refractivity contribution in [2.75, 3.05) is 12.3 Å². The van der Waals surface area contributed by atoms with Gasteiger partial charge in [-0.3, -0.25) is 9.78 Å². The van der Waals surface area contributed by atoms with Gasteiger partial charge in [0.2, 0.25) is 5.91 Å². The van der Waals surface area contributed by atoms with Crippen LogP contribution in [0.3, 0.4) is 0 Å². The average Bonchev–Trinajstić information content (AvgIpc) is 3.01. The van der Waals surface area contributed by atoms with E-state index in [2.05, 4.69) is 15.0 Å². The maximum absolute atomic E-state index is 12.4. The standard InChI is InChI=1S/C17H18N4OS/c1-2-21(11-13-6-4-3-5-7-13)16(22)12-23-17-19-14-8-9-18-10-15(14)20-17/h3-10H,2,11-12H2,1H3,(H,19,20). The number of H-pyrrole nitrogens is 1. The van der Waals surface area contributed by atoms with E-state index in [1.807, 2.05) is 48.2 Å². The van der Waals surface area contributed by atoms with Crippen LogP contribution in [0.25, 0.3) is 11.0 Å². The molecule has 0 saturated heterocycles. The number of nitrogens with one attached hydrogen (secondary N) is 1. The first kappa shape index (κ1) is 15.6. The fourth-order valence-electron chi connectivity index (χ4n) is 2.30. The quantitative estimate of drug-likeness (QED) is 0.707. The molecular formula is C17H18N4OS. The number of nitrogens with zero attached hydrogens (tertiary/aromatic N) is 3. The molecule has 6 heteroatoms. The highest BCUT2D eigenvalue weighted by molar-refractivity contribution is 7.99. The molecule has 3 aromatic rings. The summed E-state index contributed by atoms with van der Waals surface area (Å²) in [5, 5.41) is 0.747. The summed E-state index contributed by atoms with van der Waals surface area (Å²) in [6.45, 7) is 3.33. The largest absolute Gasteiger partial charge is 0.338 e. The molecule has 0 aliphatic heterocycles. The first-order valence-electron chi connectivity index (χ1n) is 7.50. The summed E-state index contributed by atoms with van der Waals surface area (Å²) in [4.78, 5) is 26.0. The second-order valence-corrected chi connectivity index (χ2v) is 6.08. The third-order valence-corrected chi connectivity index (χ3v) is 4.40. The molecule has 0 atom stereocenters. The Hall–Kier alpha value is -2.34. The molecule has 0 aliphatic carbocycles. The van der Waals surface area contributed by atoms with Gasteiger partial charge < -0.3 is 9.88 Å². The number of rotatable bonds is 6. The van der Waals surface area contributed by atoms with Crippen LogP contribution in [0.15, 0.2) is 53.9 Å². The predicted molar refractivity (Wildman–Crippen MR) is 92.1 cm³/mol. The highest BCUT2D eigenvalue weighted by Gasteiger charge is 2.13. The van der Waals surface area contributed by atoms with Crippen LogP contribution < -0.4 is 0 Å². The van der Waals surface area contributed by atoms with Crippen LogP contribution in [0.2, 0.25) is 0 Å². The molecule has 23 heavy (non-hydrogen) atoms. The van der Waals surface area contributed by atoms with Gasteiger partial charge in [-0.1, -0.05) is 42.1 Å². The summed E-state index contributed by atoms with van der Waals surface area (Å²) in [6.07, 6.45) is 3.45. The van der Waals surface area contributed by atoms with Crippen molar-refractivity contribution in [1.29, 1.82) is 0 Å². The number of imidazole rings is 1. The van der Waals surface area contributed by atoms with Gasteiger partial charge in [-0.05, 0) is 18.6 Å². The maximum atomic E-state index is 12.4. The van der Waals surface area contributed by atoms with E-state index in [1.165, 1.54) is 11.8 Å². The van der Waals surface area contributed by atoms with Crippen molar-refractivity contribution in [2.45, 2.75) is 18.6 Å². The third-order valence-electron chi connectivity index (χ3n) is 3.54. The topological polar surface area (TPSA) is 61.9 Å². The zero-order chi connectivity index (χ0) is 16.1. The zero-order valence-corrected chi connectivity index (χ0v) is 13.7. The van der Waals surface area contributed by atoms with Crippen molar-refractivity contribution in [3.8, 4) is 0 Å². The lowest BCUT2D eigenvalue weighted by atomic mass is 10.2. The molecule has 0 radical (unpaired) electrons. The number of aromatic nitrogens is 3. The number of hydrogen-bond acceptors (Lipinski definition) is 4. The summed E-state index contributed by atoms with van der Waals surface area (Å²) in [5.74, 6) is 0.480. The van der Waals surface area contributed by atoms with Crippen molar-refractivity contribution in [3.63, 3.8) is 0 Å². The SMILES string of the molecule is CCN(Cc1ccccc1)C(=O)CSc1nc2ccncc2[nH]1. The number of thioether (sulfide) groups is 1. The van der Waals surface area contributed by atoms with Crippen molar-refractivity contribution in [1.82, 2.24) is 19.9 Å². The van der Waals surface area contributed by atoms with Gasteiger partial charge in [0.05, 0.1) is 23.0 Å². The highest BCUT2D eigenvalue weighted by Crippen LogP contribution is 2.19. The van der Waals surface area contributed by atoms with Crippen LogP contribution in [0, 0.1) is 0 Å². The van der Waals surface area contributed by atoms with E-state index in [1.54, 1.807) is 12.4 Å². The Balaban J connectivity index is 1.60. The summed E-state index contributed by atoms with van der Waals surface area (Å²) in [5.41, 5.74) is 2.90. The minimum atomic E-state index is 0.111. The molecule has 5 nitrogen and oxygen atoms in total. The molecule has 1 amide bonds. The van der Waals surface area contributed by atoms with Gasteiger partial charge in [-0.2, -0.15) is 0 Å². The molecule has 2 aromatic heterocycles. The fraction of sp³-hybridized carbons (Fsp3) is 0.235. The monoisotopic (exact) mass is 326 g/mol. The van der Waals surface area contributed by atoms with E-state index in [4.69, 9.17) is 0 Å². The molecule has 1 aromatic carbocycles. The minimum Gasteiger partial charge on any atom is -0.338 e. The Bertz CT molecular complexity index is 754. The van der Waals surface area contributed by atoms with Crippen molar-refractivity contribution < 1.29 is 4.79 Å². The number of hydrogen-bond donors (Lipinski definition) is 1. The molecule has 118 valence electrons. The number of amides is 1. The predicted octanol–water partition coefficient (Wildman–Crippen LogP) is 3.10. The van der Waals surface area contributed by atoms with Gasteiger partial charge in [-0.15, -0.1) is 0 Å². The number of aromatic amines is 1. The zero-order valence-electron chi connectivity index (χ0n) is 12.9. The lowest BCUT2D eigenvalue weighted by Gasteiger charge is -2.20. The fourth-order valence-corrected chi connectivity index (χ4v) is 3.09. The van der Waals surface area contributed by atoms with Crippen molar-refractivity contribution >= 4 is 28.7 Å². The smallest absolute Gasteiger partial charge is 0.233 e. The van der Waals surface area contributed by atoms with Crippen LogP contribution in [0.4, 0.5) is 0 Å².